The first-order valence-corrected chi connectivity index (χ1v) is 7.31. The number of aromatic nitrogens is 1. The van der Waals surface area contributed by atoms with Crippen molar-refractivity contribution in [3.8, 4) is 0 Å². The van der Waals surface area contributed by atoms with E-state index in [0.29, 0.717) is 12.6 Å². The Morgan fingerprint density at radius 1 is 1.47 bits per heavy atom. The number of rotatable bonds is 5. The number of carbonyl (C=O) groups excluding carboxylic acids is 1. The molecule has 1 aliphatic rings. The fourth-order valence-electron chi connectivity index (χ4n) is 2.75. The van der Waals surface area contributed by atoms with Crippen LogP contribution in [0.3, 0.4) is 0 Å². The zero-order valence-corrected chi connectivity index (χ0v) is 12.3. The van der Waals surface area contributed by atoms with Crippen molar-refractivity contribution in [2.24, 2.45) is 0 Å². The molecule has 4 heteroatoms. The lowest BCUT2D eigenvalue weighted by Crippen LogP contribution is -2.29. The van der Waals surface area contributed by atoms with Crippen molar-refractivity contribution < 1.29 is 4.79 Å². The quantitative estimate of drug-likeness (QED) is 0.881. The van der Waals surface area contributed by atoms with E-state index in [0.717, 1.165) is 19.5 Å². The van der Waals surface area contributed by atoms with Gasteiger partial charge in [-0.3, -0.25) is 4.79 Å². The molecule has 1 atom stereocenters. The highest BCUT2D eigenvalue weighted by Crippen LogP contribution is 2.30. The molecule has 2 rings (SSSR count). The molecule has 1 unspecified atom stereocenters. The minimum atomic E-state index is 0.176. The third-order valence-corrected chi connectivity index (χ3v) is 3.98. The van der Waals surface area contributed by atoms with E-state index < -0.39 is 0 Å². The van der Waals surface area contributed by atoms with Gasteiger partial charge in [0.1, 0.15) is 6.54 Å². The molecule has 0 radical (unpaired) electrons. The van der Waals surface area contributed by atoms with Gasteiger partial charge in [0, 0.05) is 32.0 Å². The molecule has 0 fully saturated rings. The van der Waals surface area contributed by atoms with Crippen LogP contribution in [0, 0.1) is 0 Å². The molecule has 0 aromatic carbocycles. The Kier molecular flexibility index (Phi) is 4.64. The summed E-state index contributed by atoms with van der Waals surface area (Å²) in [5.41, 5.74) is 2.80. The highest BCUT2D eigenvalue weighted by Gasteiger charge is 2.21. The maximum absolute atomic E-state index is 12.0. The summed E-state index contributed by atoms with van der Waals surface area (Å²) in [6.07, 6.45) is 7.89. The first-order chi connectivity index (χ1) is 9.15. The molecular formula is C15H25N3O. The van der Waals surface area contributed by atoms with E-state index in [1.807, 2.05) is 14.0 Å². The molecule has 0 bridgehead atoms. The third-order valence-electron chi connectivity index (χ3n) is 3.98. The molecule has 1 N–H and O–H groups in total. The van der Waals surface area contributed by atoms with Crippen LogP contribution in [0.25, 0.3) is 0 Å². The number of nitrogens with zero attached hydrogens (tertiary/aromatic N) is 2. The van der Waals surface area contributed by atoms with Crippen LogP contribution < -0.4 is 5.32 Å². The highest BCUT2D eigenvalue weighted by atomic mass is 16.2. The smallest absolute Gasteiger partial charge is 0.242 e. The minimum Gasteiger partial charge on any atom is -0.344 e. The van der Waals surface area contributed by atoms with Crippen molar-refractivity contribution >= 4 is 5.91 Å². The Hall–Kier alpha value is -1.29. The van der Waals surface area contributed by atoms with Gasteiger partial charge in [-0.1, -0.05) is 6.92 Å². The summed E-state index contributed by atoms with van der Waals surface area (Å²) in [4.78, 5) is 13.7. The van der Waals surface area contributed by atoms with E-state index in [1.165, 1.54) is 24.0 Å². The predicted molar refractivity (Wildman–Crippen MR) is 77.1 cm³/mol. The highest BCUT2D eigenvalue weighted by molar-refractivity contribution is 5.75. The largest absolute Gasteiger partial charge is 0.344 e. The fraction of sp³-hybridized carbons (Fsp3) is 0.667. The van der Waals surface area contributed by atoms with Gasteiger partial charge in [0.15, 0.2) is 0 Å². The zero-order valence-electron chi connectivity index (χ0n) is 12.3. The average Bonchev–Trinajstić information content (AvgIpc) is 2.81. The Morgan fingerprint density at radius 2 is 2.26 bits per heavy atom. The Morgan fingerprint density at radius 3 is 2.95 bits per heavy atom. The van der Waals surface area contributed by atoms with Crippen LogP contribution >= 0.6 is 0 Å². The molecular weight excluding hydrogens is 238 g/mol. The number of likely N-dealkylation sites (N-methyl/N-ethyl adjacent to an activating group) is 1. The van der Waals surface area contributed by atoms with Crippen molar-refractivity contribution in [2.75, 3.05) is 20.1 Å². The SMILES string of the molecule is CCNC1CCCc2cn(CC(=O)N(C)CC)cc21. The normalized spacial score (nSPS) is 18.2. The van der Waals surface area contributed by atoms with E-state index in [-0.39, 0.29) is 5.91 Å². The average molecular weight is 263 g/mol. The number of aryl methyl sites for hydroxylation is 1. The van der Waals surface area contributed by atoms with Gasteiger partial charge < -0.3 is 14.8 Å². The van der Waals surface area contributed by atoms with Crippen molar-refractivity contribution in [1.29, 1.82) is 0 Å². The molecule has 4 nitrogen and oxygen atoms in total. The molecule has 1 amide bonds. The lowest BCUT2D eigenvalue weighted by molar-refractivity contribution is -0.130. The first-order valence-electron chi connectivity index (χ1n) is 7.31. The Balaban J connectivity index is 2.10. The molecule has 0 saturated heterocycles. The minimum absolute atomic E-state index is 0.176. The van der Waals surface area contributed by atoms with E-state index >= 15 is 0 Å². The molecule has 106 valence electrons. The Labute approximate surface area is 115 Å². The standard InChI is InChI=1S/C15H25N3O/c1-4-16-14-8-6-7-12-9-18(10-13(12)14)11-15(19)17(3)5-2/h9-10,14,16H,4-8,11H2,1-3H3. The molecule has 0 spiro atoms. The van der Waals surface area contributed by atoms with Gasteiger partial charge in [0.05, 0.1) is 0 Å². The van der Waals surface area contributed by atoms with Crippen LogP contribution in [0.4, 0.5) is 0 Å². The van der Waals surface area contributed by atoms with Crippen molar-refractivity contribution in [3.05, 3.63) is 23.5 Å². The van der Waals surface area contributed by atoms with Crippen molar-refractivity contribution in [3.63, 3.8) is 0 Å². The lowest BCUT2D eigenvalue weighted by Gasteiger charge is -2.22. The van der Waals surface area contributed by atoms with E-state index in [4.69, 9.17) is 0 Å². The van der Waals surface area contributed by atoms with Crippen LogP contribution in [-0.4, -0.2) is 35.5 Å². The van der Waals surface area contributed by atoms with E-state index in [1.54, 1.807) is 4.90 Å². The zero-order chi connectivity index (χ0) is 13.8. The Bertz CT molecular complexity index is 439. The summed E-state index contributed by atoms with van der Waals surface area (Å²) in [7, 11) is 1.85. The molecule has 1 aromatic heterocycles. The second-order valence-electron chi connectivity index (χ2n) is 5.32. The number of fused-ring (bicyclic) bond motifs is 1. The molecule has 19 heavy (non-hydrogen) atoms. The number of hydrogen-bond donors (Lipinski definition) is 1. The molecule has 0 saturated carbocycles. The fourth-order valence-corrected chi connectivity index (χ4v) is 2.75. The van der Waals surface area contributed by atoms with Crippen LogP contribution in [0.2, 0.25) is 0 Å². The van der Waals surface area contributed by atoms with E-state index in [9.17, 15) is 4.79 Å². The molecule has 1 aromatic rings. The molecule has 1 heterocycles. The second kappa shape index (κ2) is 6.24. The van der Waals surface area contributed by atoms with Gasteiger partial charge >= 0.3 is 0 Å². The van der Waals surface area contributed by atoms with Crippen LogP contribution in [-0.2, 0) is 17.8 Å². The lowest BCUT2D eigenvalue weighted by atomic mass is 9.91. The summed E-state index contributed by atoms with van der Waals surface area (Å²) in [6.45, 7) is 6.35. The molecule has 1 aliphatic carbocycles. The van der Waals surface area contributed by atoms with Gasteiger partial charge in [0.25, 0.3) is 0 Å². The maximum Gasteiger partial charge on any atom is 0.242 e. The second-order valence-corrected chi connectivity index (χ2v) is 5.32. The van der Waals surface area contributed by atoms with Crippen LogP contribution in [0.5, 0.6) is 0 Å². The van der Waals surface area contributed by atoms with Crippen LogP contribution in [0.15, 0.2) is 12.4 Å². The summed E-state index contributed by atoms with van der Waals surface area (Å²) in [5.74, 6) is 0.176. The van der Waals surface area contributed by atoms with Gasteiger partial charge in [0.2, 0.25) is 5.91 Å². The van der Waals surface area contributed by atoms with Gasteiger partial charge in [-0.25, -0.2) is 0 Å². The van der Waals surface area contributed by atoms with Gasteiger partial charge in [-0.2, -0.15) is 0 Å². The van der Waals surface area contributed by atoms with Crippen molar-refractivity contribution in [2.45, 2.75) is 45.7 Å². The number of nitrogens with one attached hydrogen (secondary N) is 1. The topological polar surface area (TPSA) is 37.3 Å². The number of amides is 1. The number of carbonyl (C=O) groups is 1. The molecule has 0 aliphatic heterocycles. The predicted octanol–water partition coefficient (Wildman–Crippen LogP) is 1.95. The summed E-state index contributed by atoms with van der Waals surface area (Å²) >= 11 is 0. The third kappa shape index (κ3) is 3.18. The van der Waals surface area contributed by atoms with Crippen molar-refractivity contribution in [1.82, 2.24) is 14.8 Å². The summed E-state index contributed by atoms with van der Waals surface area (Å²) in [6, 6.07) is 0.467. The van der Waals surface area contributed by atoms with Crippen LogP contribution in [0.1, 0.15) is 43.9 Å². The van der Waals surface area contributed by atoms with Gasteiger partial charge in [-0.05, 0) is 43.9 Å². The maximum atomic E-state index is 12.0. The summed E-state index contributed by atoms with van der Waals surface area (Å²) in [5, 5.41) is 3.53. The monoisotopic (exact) mass is 263 g/mol. The van der Waals surface area contributed by atoms with Gasteiger partial charge in [-0.15, -0.1) is 0 Å². The first kappa shape index (κ1) is 14.1. The number of hydrogen-bond acceptors (Lipinski definition) is 2. The van der Waals surface area contributed by atoms with E-state index in [2.05, 4.69) is 29.2 Å². The summed E-state index contributed by atoms with van der Waals surface area (Å²) < 4.78 is 2.05.